The van der Waals surface area contributed by atoms with Crippen LogP contribution < -0.4 is 4.74 Å². The number of amides is 2. The Morgan fingerprint density at radius 3 is 2.56 bits per heavy atom. The first-order valence-corrected chi connectivity index (χ1v) is 13.1. The van der Waals surface area contributed by atoms with E-state index in [1.165, 1.54) is 12.1 Å². The van der Waals surface area contributed by atoms with Crippen molar-refractivity contribution in [2.75, 3.05) is 26.7 Å². The predicted molar refractivity (Wildman–Crippen MR) is 146 cm³/mol. The molecule has 1 fully saturated rings. The molecule has 1 aliphatic heterocycles. The van der Waals surface area contributed by atoms with Crippen molar-refractivity contribution >= 4 is 17.5 Å². The molecular formula is C30H32FN5O3. The van der Waals surface area contributed by atoms with Gasteiger partial charge in [-0.2, -0.15) is 5.10 Å². The molecule has 3 heterocycles. The van der Waals surface area contributed by atoms with Gasteiger partial charge in [-0.25, -0.2) is 13.9 Å². The molecule has 0 spiro atoms. The van der Waals surface area contributed by atoms with Crippen molar-refractivity contribution in [3.63, 3.8) is 0 Å². The normalized spacial score (nSPS) is 15.7. The fraction of sp³-hybridized carbons (Fsp3) is 0.333. The molecule has 5 rings (SSSR count). The molecule has 8 nitrogen and oxygen atoms in total. The van der Waals surface area contributed by atoms with Crippen molar-refractivity contribution in [3.05, 3.63) is 83.4 Å². The Labute approximate surface area is 227 Å². The SMILES string of the molecule is COc1cccc(CC(=O)N2CCN(C(=O)c3cn4nc(-c5ccc(F)cc5)cc(C(C)C)c4n3)CC2C)c1. The van der Waals surface area contributed by atoms with E-state index in [2.05, 4.69) is 23.9 Å². The van der Waals surface area contributed by atoms with Crippen LogP contribution >= 0.6 is 0 Å². The number of imidazole rings is 1. The van der Waals surface area contributed by atoms with Crippen LogP contribution in [0, 0.1) is 5.82 Å². The summed E-state index contributed by atoms with van der Waals surface area (Å²) in [7, 11) is 1.60. The molecule has 0 saturated carbocycles. The summed E-state index contributed by atoms with van der Waals surface area (Å²) in [5, 5.41) is 4.67. The number of carbonyl (C=O) groups is 2. The fourth-order valence-corrected chi connectivity index (χ4v) is 5.02. The molecule has 2 amide bonds. The number of halogens is 1. The Morgan fingerprint density at radius 1 is 1.10 bits per heavy atom. The molecule has 0 bridgehead atoms. The largest absolute Gasteiger partial charge is 0.497 e. The van der Waals surface area contributed by atoms with Crippen molar-refractivity contribution in [3.8, 4) is 17.0 Å². The number of hydrogen-bond donors (Lipinski definition) is 0. The Hall–Kier alpha value is -4.27. The zero-order valence-electron chi connectivity index (χ0n) is 22.6. The topological polar surface area (TPSA) is 80.0 Å². The number of benzene rings is 2. The third-order valence-corrected chi connectivity index (χ3v) is 7.16. The lowest BCUT2D eigenvalue weighted by atomic mass is 10.0. The van der Waals surface area contributed by atoms with Gasteiger partial charge in [-0.1, -0.05) is 26.0 Å². The zero-order valence-corrected chi connectivity index (χ0v) is 22.6. The smallest absolute Gasteiger partial charge is 0.274 e. The average molecular weight is 530 g/mol. The number of fused-ring (bicyclic) bond motifs is 1. The zero-order chi connectivity index (χ0) is 27.7. The second-order valence-corrected chi connectivity index (χ2v) is 10.3. The van der Waals surface area contributed by atoms with Gasteiger partial charge in [0, 0.05) is 36.8 Å². The maximum Gasteiger partial charge on any atom is 0.274 e. The van der Waals surface area contributed by atoms with E-state index in [1.54, 1.807) is 34.9 Å². The molecule has 202 valence electrons. The predicted octanol–water partition coefficient (Wildman–Crippen LogP) is 4.58. The number of nitrogens with zero attached hydrogens (tertiary/aromatic N) is 5. The van der Waals surface area contributed by atoms with Crippen LogP contribution in [-0.4, -0.2) is 69.0 Å². The number of carbonyl (C=O) groups excluding carboxylic acids is 2. The van der Waals surface area contributed by atoms with Crippen LogP contribution in [0.25, 0.3) is 16.9 Å². The first kappa shape index (κ1) is 26.3. The molecule has 2 aromatic carbocycles. The minimum atomic E-state index is -0.309. The van der Waals surface area contributed by atoms with E-state index in [4.69, 9.17) is 4.74 Å². The molecule has 39 heavy (non-hydrogen) atoms. The highest BCUT2D eigenvalue weighted by Crippen LogP contribution is 2.26. The highest BCUT2D eigenvalue weighted by molar-refractivity contribution is 5.93. The van der Waals surface area contributed by atoms with Gasteiger partial charge in [0.2, 0.25) is 5.91 Å². The van der Waals surface area contributed by atoms with E-state index in [1.807, 2.05) is 42.2 Å². The molecule has 0 N–H and O–H groups in total. The first-order valence-electron chi connectivity index (χ1n) is 13.1. The van der Waals surface area contributed by atoms with E-state index in [9.17, 15) is 14.0 Å². The van der Waals surface area contributed by atoms with Gasteiger partial charge in [-0.05, 0) is 60.9 Å². The van der Waals surface area contributed by atoms with E-state index in [-0.39, 0.29) is 36.0 Å². The second kappa shape index (κ2) is 10.8. The van der Waals surface area contributed by atoms with Crippen molar-refractivity contribution in [2.45, 2.75) is 39.2 Å². The first-order chi connectivity index (χ1) is 18.7. The number of piperazine rings is 1. The Kier molecular flexibility index (Phi) is 7.32. The maximum absolute atomic E-state index is 13.5. The van der Waals surface area contributed by atoms with Crippen molar-refractivity contribution in [1.29, 1.82) is 0 Å². The minimum absolute atomic E-state index is 0.0229. The van der Waals surface area contributed by atoms with Gasteiger partial charge < -0.3 is 14.5 Å². The summed E-state index contributed by atoms with van der Waals surface area (Å²) >= 11 is 0. The molecule has 4 aromatic rings. The van der Waals surface area contributed by atoms with Crippen molar-refractivity contribution < 1.29 is 18.7 Å². The van der Waals surface area contributed by atoms with Crippen LogP contribution in [0.5, 0.6) is 5.75 Å². The van der Waals surface area contributed by atoms with Gasteiger partial charge in [0.1, 0.15) is 17.3 Å². The molecule has 0 radical (unpaired) electrons. The van der Waals surface area contributed by atoms with Crippen LogP contribution in [-0.2, 0) is 11.2 Å². The molecule has 9 heteroatoms. The summed E-state index contributed by atoms with van der Waals surface area (Å²) in [6.45, 7) is 7.37. The molecule has 1 atom stereocenters. The number of methoxy groups -OCH3 is 1. The number of aromatic nitrogens is 3. The Morgan fingerprint density at radius 2 is 1.87 bits per heavy atom. The van der Waals surface area contributed by atoms with E-state index in [0.717, 1.165) is 22.4 Å². The van der Waals surface area contributed by atoms with Gasteiger partial charge in [0.05, 0.1) is 25.4 Å². The highest BCUT2D eigenvalue weighted by Gasteiger charge is 2.31. The summed E-state index contributed by atoms with van der Waals surface area (Å²) in [6.07, 6.45) is 1.93. The number of ether oxygens (including phenoxy) is 1. The third kappa shape index (κ3) is 5.48. The van der Waals surface area contributed by atoms with Gasteiger partial charge in [-0.3, -0.25) is 9.59 Å². The van der Waals surface area contributed by atoms with E-state index >= 15 is 0 Å². The van der Waals surface area contributed by atoms with Crippen molar-refractivity contribution in [2.24, 2.45) is 0 Å². The molecule has 0 aliphatic carbocycles. The number of hydrogen-bond acceptors (Lipinski definition) is 5. The van der Waals surface area contributed by atoms with E-state index < -0.39 is 0 Å². The molecule has 2 aromatic heterocycles. The Balaban J connectivity index is 1.33. The monoisotopic (exact) mass is 529 g/mol. The average Bonchev–Trinajstić information content (AvgIpc) is 3.36. The maximum atomic E-state index is 13.5. The molecule has 1 unspecified atom stereocenters. The summed E-state index contributed by atoms with van der Waals surface area (Å²) < 4.78 is 20.4. The van der Waals surface area contributed by atoms with Gasteiger partial charge >= 0.3 is 0 Å². The van der Waals surface area contributed by atoms with Gasteiger partial charge in [0.25, 0.3) is 5.91 Å². The molecule has 1 aliphatic rings. The lowest BCUT2D eigenvalue weighted by molar-refractivity contribution is -0.134. The van der Waals surface area contributed by atoms with Crippen LogP contribution in [0.1, 0.15) is 48.3 Å². The lowest BCUT2D eigenvalue weighted by Crippen LogP contribution is -2.55. The van der Waals surface area contributed by atoms with Crippen molar-refractivity contribution in [1.82, 2.24) is 24.4 Å². The lowest BCUT2D eigenvalue weighted by Gasteiger charge is -2.39. The van der Waals surface area contributed by atoms with E-state index in [0.29, 0.717) is 36.7 Å². The summed E-state index contributed by atoms with van der Waals surface area (Å²) in [5.74, 6) is 0.381. The summed E-state index contributed by atoms with van der Waals surface area (Å²) in [6, 6.07) is 15.5. The van der Waals surface area contributed by atoms with Crippen LogP contribution in [0.3, 0.4) is 0 Å². The second-order valence-electron chi connectivity index (χ2n) is 10.3. The standard InChI is InChI=1S/C30H32FN5O3/c1-19(2)25-16-26(22-8-10-23(31)11-9-22)33-36-18-27(32-29(25)36)30(38)34-12-13-35(20(3)17-34)28(37)15-21-6-5-7-24(14-21)39-4/h5-11,14,16,18-20H,12-13,15,17H2,1-4H3. The minimum Gasteiger partial charge on any atom is -0.497 e. The number of rotatable bonds is 6. The fourth-order valence-electron chi connectivity index (χ4n) is 5.02. The molecular weight excluding hydrogens is 497 g/mol. The third-order valence-electron chi connectivity index (χ3n) is 7.16. The quantitative estimate of drug-likeness (QED) is 0.365. The van der Waals surface area contributed by atoms with Gasteiger partial charge in [-0.15, -0.1) is 0 Å². The summed E-state index contributed by atoms with van der Waals surface area (Å²) in [4.78, 5) is 34.8. The highest BCUT2D eigenvalue weighted by atomic mass is 19.1. The van der Waals surface area contributed by atoms with Crippen LogP contribution in [0.4, 0.5) is 4.39 Å². The van der Waals surface area contributed by atoms with Crippen LogP contribution in [0.2, 0.25) is 0 Å². The molecule has 1 saturated heterocycles. The van der Waals surface area contributed by atoms with Crippen LogP contribution in [0.15, 0.2) is 60.8 Å². The summed E-state index contributed by atoms with van der Waals surface area (Å²) in [5.41, 5.74) is 4.24. The van der Waals surface area contributed by atoms with Gasteiger partial charge in [0.15, 0.2) is 5.65 Å². The Bertz CT molecular complexity index is 1520.